The summed E-state index contributed by atoms with van der Waals surface area (Å²) in [4.78, 5) is 26.6. The number of halogens is 1. The molecule has 8 heteroatoms. The van der Waals surface area contributed by atoms with Crippen LogP contribution in [0.3, 0.4) is 0 Å². The molecule has 1 atom stereocenters. The highest BCUT2D eigenvalue weighted by atomic mass is 19.1. The lowest BCUT2D eigenvalue weighted by molar-refractivity contribution is 0.0932. The molecule has 3 heterocycles. The van der Waals surface area contributed by atoms with E-state index in [9.17, 15) is 9.18 Å². The van der Waals surface area contributed by atoms with Crippen LogP contribution in [0, 0.1) is 5.82 Å². The van der Waals surface area contributed by atoms with Gasteiger partial charge in [0.1, 0.15) is 11.5 Å². The van der Waals surface area contributed by atoms with E-state index in [1.54, 1.807) is 11.0 Å². The Morgan fingerprint density at radius 3 is 3.04 bits per heavy atom. The van der Waals surface area contributed by atoms with Crippen LogP contribution in [0.2, 0.25) is 0 Å². The van der Waals surface area contributed by atoms with E-state index in [0.717, 1.165) is 12.0 Å². The Labute approximate surface area is 142 Å². The molecular formula is C17H14FN5O2. The molecule has 0 saturated carbocycles. The summed E-state index contributed by atoms with van der Waals surface area (Å²) in [6.45, 7) is 1.93. The normalized spacial score (nSPS) is 16.6. The third kappa shape index (κ3) is 2.75. The second-order valence-electron chi connectivity index (χ2n) is 5.85. The van der Waals surface area contributed by atoms with Crippen molar-refractivity contribution in [1.29, 1.82) is 0 Å². The van der Waals surface area contributed by atoms with E-state index in [2.05, 4.69) is 20.1 Å². The third-order valence-corrected chi connectivity index (χ3v) is 4.19. The van der Waals surface area contributed by atoms with Gasteiger partial charge >= 0.3 is 11.8 Å². The van der Waals surface area contributed by atoms with Crippen molar-refractivity contribution in [2.45, 2.75) is 25.8 Å². The summed E-state index contributed by atoms with van der Waals surface area (Å²) < 4.78 is 18.6. The molecule has 126 valence electrons. The first-order valence-corrected chi connectivity index (χ1v) is 7.85. The first kappa shape index (κ1) is 15.4. The van der Waals surface area contributed by atoms with E-state index in [1.807, 2.05) is 6.92 Å². The maximum absolute atomic E-state index is 13.5. The Bertz CT molecular complexity index is 928. The number of hydrogen-bond acceptors (Lipinski definition) is 6. The quantitative estimate of drug-likeness (QED) is 0.713. The van der Waals surface area contributed by atoms with Gasteiger partial charge in [-0.25, -0.2) is 9.37 Å². The predicted octanol–water partition coefficient (Wildman–Crippen LogP) is 2.65. The lowest BCUT2D eigenvalue weighted by Gasteiger charge is -2.34. The maximum Gasteiger partial charge on any atom is 0.317 e. The smallest absolute Gasteiger partial charge is 0.317 e. The van der Waals surface area contributed by atoms with Crippen LogP contribution >= 0.6 is 0 Å². The number of amides is 1. The minimum Gasteiger partial charge on any atom is -0.328 e. The zero-order valence-corrected chi connectivity index (χ0v) is 13.4. The number of hydrogen-bond donors (Lipinski definition) is 0. The average Bonchev–Trinajstić information content (AvgIpc) is 3.12. The summed E-state index contributed by atoms with van der Waals surface area (Å²) in [6.07, 6.45) is 5.96. The molecule has 0 fully saturated rings. The van der Waals surface area contributed by atoms with Crippen LogP contribution < -0.4 is 4.90 Å². The minimum absolute atomic E-state index is 0.0580. The van der Waals surface area contributed by atoms with Gasteiger partial charge in [0.2, 0.25) is 5.82 Å². The number of rotatable bonds is 2. The third-order valence-electron chi connectivity index (χ3n) is 4.19. The van der Waals surface area contributed by atoms with Gasteiger partial charge in [0.15, 0.2) is 0 Å². The zero-order valence-electron chi connectivity index (χ0n) is 13.4. The number of benzene rings is 1. The van der Waals surface area contributed by atoms with Crippen molar-refractivity contribution < 1.29 is 13.7 Å². The number of aromatic nitrogens is 4. The monoisotopic (exact) mass is 339 g/mol. The maximum atomic E-state index is 13.5. The topological polar surface area (TPSA) is 85.0 Å². The lowest BCUT2D eigenvalue weighted by atomic mass is 9.96. The van der Waals surface area contributed by atoms with Crippen LogP contribution in [0.25, 0.3) is 11.5 Å². The van der Waals surface area contributed by atoms with Crippen LogP contribution in [-0.2, 0) is 6.42 Å². The molecule has 25 heavy (non-hydrogen) atoms. The second kappa shape index (κ2) is 6.04. The average molecular weight is 339 g/mol. The fourth-order valence-electron chi connectivity index (χ4n) is 2.96. The summed E-state index contributed by atoms with van der Waals surface area (Å²) in [5, 5.41) is 3.80. The number of carbonyl (C=O) groups excluding carboxylic acids is 1. The highest BCUT2D eigenvalue weighted by Gasteiger charge is 2.32. The molecule has 7 nitrogen and oxygen atoms in total. The van der Waals surface area contributed by atoms with E-state index < -0.39 is 5.91 Å². The van der Waals surface area contributed by atoms with Gasteiger partial charge in [-0.15, -0.1) is 0 Å². The molecular weight excluding hydrogens is 325 g/mol. The van der Waals surface area contributed by atoms with Gasteiger partial charge in [0, 0.05) is 24.1 Å². The van der Waals surface area contributed by atoms with E-state index in [1.165, 1.54) is 30.7 Å². The number of carbonyl (C=O) groups is 1. The highest BCUT2D eigenvalue weighted by molar-refractivity contribution is 6.04. The fourth-order valence-corrected chi connectivity index (χ4v) is 2.96. The molecule has 2 aromatic heterocycles. The van der Waals surface area contributed by atoms with E-state index in [0.29, 0.717) is 17.8 Å². The molecule has 1 unspecified atom stereocenters. The van der Waals surface area contributed by atoms with Crippen molar-refractivity contribution in [2.24, 2.45) is 0 Å². The molecule has 0 aliphatic carbocycles. The Morgan fingerprint density at radius 1 is 1.36 bits per heavy atom. The van der Waals surface area contributed by atoms with E-state index >= 15 is 0 Å². The number of aryl methyl sites for hydroxylation is 1. The molecule has 0 radical (unpaired) electrons. The van der Waals surface area contributed by atoms with Crippen LogP contribution in [-0.4, -0.2) is 32.1 Å². The highest BCUT2D eigenvalue weighted by Crippen LogP contribution is 2.32. The first-order chi connectivity index (χ1) is 12.1. The number of fused-ring (bicyclic) bond motifs is 1. The van der Waals surface area contributed by atoms with Crippen LogP contribution in [0.1, 0.15) is 29.6 Å². The summed E-state index contributed by atoms with van der Waals surface area (Å²) in [5.74, 6) is -0.670. The largest absolute Gasteiger partial charge is 0.328 e. The molecule has 1 aromatic carbocycles. The standard InChI is InChI=1S/C17H14FN5O2/c1-10-2-3-11-8-12(18)4-5-14(11)23(10)17(24)16-21-15(22-25-16)13-9-19-6-7-20-13/h4-10H,2-3H2,1H3. The van der Waals surface area contributed by atoms with Crippen molar-refractivity contribution in [2.75, 3.05) is 4.90 Å². The molecule has 1 aliphatic heterocycles. The first-order valence-electron chi connectivity index (χ1n) is 7.85. The fraction of sp³-hybridized carbons (Fsp3) is 0.235. The van der Waals surface area contributed by atoms with Crippen LogP contribution in [0.4, 0.5) is 10.1 Å². The Morgan fingerprint density at radius 2 is 2.24 bits per heavy atom. The van der Waals surface area contributed by atoms with Gasteiger partial charge in [-0.2, -0.15) is 4.98 Å². The van der Waals surface area contributed by atoms with Gasteiger partial charge in [-0.3, -0.25) is 9.78 Å². The number of anilines is 1. The summed E-state index contributed by atoms with van der Waals surface area (Å²) in [7, 11) is 0. The van der Waals surface area contributed by atoms with Crippen molar-refractivity contribution in [3.63, 3.8) is 0 Å². The number of nitrogens with zero attached hydrogens (tertiary/aromatic N) is 5. The summed E-state index contributed by atoms with van der Waals surface area (Å²) in [5.41, 5.74) is 1.88. The SMILES string of the molecule is CC1CCc2cc(F)ccc2N1C(=O)c1nc(-c2cnccn2)no1. The van der Waals surface area contributed by atoms with Crippen molar-refractivity contribution >= 4 is 11.6 Å². The van der Waals surface area contributed by atoms with E-state index in [-0.39, 0.29) is 23.6 Å². The van der Waals surface area contributed by atoms with Crippen molar-refractivity contribution in [1.82, 2.24) is 20.1 Å². The Kier molecular flexibility index (Phi) is 3.72. The van der Waals surface area contributed by atoms with Gasteiger partial charge in [-0.05, 0) is 43.5 Å². The lowest BCUT2D eigenvalue weighted by Crippen LogP contribution is -2.42. The molecule has 3 aromatic rings. The molecule has 1 aliphatic rings. The summed E-state index contributed by atoms with van der Waals surface area (Å²) >= 11 is 0. The molecule has 0 bridgehead atoms. The Hall–Kier alpha value is -3.16. The molecule has 0 saturated heterocycles. The van der Waals surface area contributed by atoms with Crippen molar-refractivity contribution in [3.05, 3.63) is 54.1 Å². The zero-order chi connectivity index (χ0) is 17.4. The molecule has 1 amide bonds. The molecule has 0 N–H and O–H groups in total. The van der Waals surface area contributed by atoms with Gasteiger partial charge in [0.05, 0.1) is 6.20 Å². The predicted molar refractivity (Wildman–Crippen MR) is 86.3 cm³/mol. The summed E-state index contributed by atoms with van der Waals surface area (Å²) in [6, 6.07) is 4.35. The minimum atomic E-state index is -0.414. The van der Waals surface area contributed by atoms with Crippen LogP contribution in [0.5, 0.6) is 0 Å². The van der Waals surface area contributed by atoms with Crippen molar-refractivity contribution in [3.8, 4) is 11.5 Å². The van der Waals surface area contributed by atoms with Gasteiger partial charge in [-0.1, -0.05) is 5.16 Å². The molecule has 4 rings (SSSR count). The van der Waals surface area contributed by atoms with Gasteiger partial charge < -0.3 is 9.42 Å². The van der Waals surface area contributed by atoms with Crippen LogP contribution in [0.15, 0.2) is 41.3 Å². The Balaban J connectivity index is 1.69. The van der Waals surface area contributed by atoms with E-state index in [4.69, 9.17) is 4.52 Å². The van der Waals surface area contributed by atoms with Gasteiger partial charge in [0.25, 0.3) is 0 Å². The second-order valence-corrected chi connectivity index (χ2v) is 5.85. The molecule has 0 spiro atoms.